The molecule has 160 valence electrons. The Labute approximate surface area is 186 Å². The van der Waals surface area contributed by atoms with E-state index in [0.717, 1.165) is 28.1 Å². The fourth-order valence-electron chi connectivity index (χ4n) is 4.25. The van der Waals surface area contributed by atoms with Crippen molar-refractivity contribution < 1.29 is 14.3 Å². The summed E-state index contributed by atoms with van der Waals surface area (Å²) in [6.07, 6.45) is 0.824. The Morgan fingerprint density at radius 1 is 1.10 bits per heavy atom. The van der Waals surface area contributed by atoms with Gasteiger partial charge in [-0.15, -0.1) is 11.3 Å². The molecule has 1 N–H and O–H groups in total. The fraction of sp³-hybridized carbons (Fsp3) is 0.280. The number of benzene rings is 2. The lowest BCUT2D eigenvalue weighted by atomic mass is 9.81. The van der Waals surface area contributed by atoms with Crippen molar-refractivity contribution in [1.29, 1.82) is 0 Å². The maximum absolute atomic E-state index is 13.8. The van der Waals surface area contributed by atoms with Gasteiger partial charge < -0.3 is 15.0 Å². The monoisotopic (exact) mass is 434 g/mol. The van der Waals surface area contributed by atoms with Gasteiger partial charge in [-0.3, -0.25) is 9.59 Å². The number of amides is 2. The van der Waals surface area contributed by atoms with Gasteiger partial charge in [-0.25, -0.2) is 0 Å². The zero-order valence-electron chi connectivity index (χ0n) is 17.7. The first-order valence-corrected chi connectivity index (χ1v) is 11.3. The van der Waals surface area contributed by atoms with Gasteiger partial charge in [-0.2, -0.15) is 0 Å². The number of carbonyl (C=O) groups is 2. The zero-order valence-corrected chi connectivity index (χ0v) is 18.5. The molecule has 0 aliphatic carbocycles. The molecule has 0 unspecified atom stereocenters. The molecule has 0 spiro atoms. The van der Waals surface area contributed by atoms with E-state index >= 15 is 0 Å². The smallest absolute Gasteiger partial charge is 0.254 e. The number of methoxy groups -OCH3 is 1. The minimum Gasteiger partial charge on any atom is -0.383 e. The highest BCUT2D eigenvalue weighted by atomic mass is 32.1. The van der Waals surface area contributed by atoms with Crippen LogP contribution in [0.15, 0.2) is 66.0 Å². The van der Waals surface area contributed by atoms with Crippen molar-refractivity contribution in [3.63, 3.8) is 0 Å². The van der Waals surface area contributed by atoms with E-state index in [1.165, 1.54) is 0 Å². The second-order valence-electron chi connectivity index (χ2n) is 7.52. The van der Waals surface area contributed by atoms with Gasteiger partial charge in [-0.1, -0.05) is 49.4 Å². The molecule has 2 atom stereocenters. The molecule has 1 aliphatic heterocycles. The van der Waals surface area contributed by atoms with Crippen LogP contribution < -0.4 is 5.32 Å². The number of thiophene rings is 1. The Kier molecular flexibility index (Phi) is 6.49. The molecule has 4 rings (SSSR count). The summed E-state index contributed by atoms with van der Waals surface area (Å²) < 4.78 is 5.28. The lowest BCUT2D eigenvalue weighted by molar-refractivity contribution is -0.119. The average molecular weight is 435 g/mol. The number of carbonyl (C=O) groups excluding carboxylic acids is 2. The van der Waals surface area contributed by atoms with Crippen molar-refractivity contribution in [2.45, 2.75) is 25.3 Å². The van der Waals surface area contributed by atoms with Gasteiger partial charge in [0.05, 0.1) is 18.6 Å². The van der Waals surface area contributed by atoms with E-state index in [1.54, 1.807) is 23.3 Å². The molecular weight excluding hydrogens is 408 g/mol. The number of fused-ring (bicyclic) bond motifs is 1. The molecule has 31 heavy (non-hydrogen) atoms. The molecule has 2 heterocycles. The minimum absolute atomic E-state index is 0.0657. The third-order valence-electron chi connectivity index (χ3n) is 5.75. The van der Waals surface area contributed by atoms with Crippen LogP contribution in [0.1, 0.15) is 45.2 Å². The van der Waals surface area contributed by atoms with Crippen LogP contribution in [0, 0.1) is 0 Å². The molecule has 2 aromatic carbocycles. The predicted molar refractivity (Wildman–Crippen MR) is 124 cm³/mol. The van der Waals surface area contributed by atoms with Crippen molar-refractivity contribution in [3.05, 3.63) is 87.6 Å². The van der Waals surface area contributed by atoms with Gasteiger partial charge in [0.15, 0.2) is 0 Å². The molecule has 0 bridgehead atoms. The van der Waals surface area contributed by atoms with E-state index in [1.807, 2.05) is 66.0 Å². The molecule has 0 radical (unpaired) electrons. The predicted octanol–water partition coefficient (Wildman–Crippen LogP) is 4.88. The molecule has 0 fully saturated rings. The number of rotatable bonds is 7. The third kappa shape index (κ3) is 4.13. The highest BCUT2D eigenvalue weighted by Crippen LogP contribution is 2.44. The van der Waals surface area contributed by atoms with E-state index in [4.69, 9.17) is 4.74 Å². The summed E-state index contributed by atoms with van der Waals surface area (Å²) in [5.74, 6) is -0.694. The largest absolute Gasteiger partial charge is 0.383 e. The summed E-state index contributed by atoms with van der Waals surface area (Å²) in [4.78, 5) is 29.9. The van der Waals surface area contributed by atoms with Gasteiger partial charge in [0.25, 0.3) is 5.91 Å². The first kappa shape index (κ1) is 21.3. The van der Waals surface area contributed by atoms with Crippen molar-refractivity contribution in [1.82, 2.24) is 4.90 Å². The van der Waals surface area contributed by atoms with Crippen molar-refractivity contribution in [2.75, 3.05) is 25.6 Å². The summed E-state index contributed by atoms with van der Waals surface area (Å²) in [6.45, 7) is 2.89. The maximum atomic E-state index is 13.8. The van der Waals surface area contributed by atoms with Gasteiger partial charge in [0.2, 0.25) is 5.91 Å². The second-order valence-corrected chi connectivity index (χ2v) is 8.50. The number of ether oxygens (including phenoxy) is 1. The van der Waals surface area contributed by atoms with Gasteiger partial charge >= 0.3 is 0 Å². The molecule has 1 aliphatic rings. The number of hydrogen-bond donors (Lipinski definition) is 1. The molecule has 5 nitrogen and oxygen atoms in total. The number of hydrogen-bond acceptors (Lipinski definition) is 4. The number of aryl methyl sites for hydroxylation is 1. The van der Waals surface area contributed by atoms with E-state index < -0.39 is 5.92 Å². The van der Waals surface area contributed by atoms with Crippen LogP contribution >= 0.6 is 11.3 Å². The Balaban J connectivity index is 1.80. The zero-order chi connectivity index (χ0) is 21.8. The van der Waals surface area contributed by atoms with E-state index in [2.05, 4.69) is 12.2 Å². The van der Waals surface area contributed by atoms with Crippen molar-refractivity contribution in [3.8, 4) is 0 Å². The molecule has 3 aromatic rings. The summed E-state index contributed by atoms with van der Waals surface area (Å²) >= 11 is 1.56. The second kappa shape index (κ2) is 9.45. The number of anilines is 1. The quantitative estimate of drug-likeness (QED) is 0.577. The van der Waals surface area contributed by atoms with Crippen LogP contribution in [0.2, 0.25) is 0 Å². The Hall–Kier alpha value is -2.96. The van der Waals surface area contributed by atoms with Crippen molar-refractivity contribution >= 4 is 28.8 Å². The minimum atomic E-state index is -0.519. The van der Waals surface area contributed by atoms with Crippen LogP contribution in [0.3, 0.4) is 0 Å². The maximum Gasteiger partial charge on any atom is 0.254 e. The standard InChI is InChI=1S/C25H26N2O3S/c1-3-17-9-4-7-12-20(17)26-24(28)22-18-10-5-6-11-19(18)25(29)27(14-15-30-2)23(22)21-13-8-16-31-21/h4-13,16,22-23H,3,14-15H2,1-2H3,(H,26,28)/t22-,23-/m1/s1. The highest BCUT2D eigenvalue weighted by Gasteiger charge is 2.44. The number of nitrogens with one attached hydrogen (secondary N) is 1. The van der Waals surface area contributed by atoms with Crippen LogP contribution in [-0.4, -0.2) is 37.0 Å². The molecule has 1 aromatic heterocycles. The third-order valence-corrected chi connectivity index (χ3v) is 6.69. The average Bonchev–Trinajstić information content (AvgIpc) is 3.33. The molecule has 0 saturated heterocycles. The normalized spacial score (nSPS) is 18.0. The number of para-hydroxylation sites is 1. The molecular formula is C25H26N2O3S. The lowest BCUT2D eigenvalue weighted by Crippen LogP contribution is -2.47. The summed E-state index contributed by atoms with van der Waals surface area (Å²) in [7, 11) is 1.62. The van der Waals surface area contributed by atoms with Crippen LogP contribution in [-0.2, 0) is 16.0 Å². The van der Waals surface area contributed by atoms with Crippen molar-refractivity contribution in [2.24, 2.45) is 0 Å². The Morgan fingerprint density at radius 3 is 2.61 bits per heavy atom. The summed E-state index contributed by atoms with van der Waals surface area (Å²) in [6, 6.07) is 18.9. The molecule has 6 heteroatoms. The molecule has 2 amide bonds. The van der Waals surface area contributed by atoms with Gasteiger partial charge in [0, 0.05) is 29.8 Å². The lowest BCUT2D eigenvalue weighted by Gasteiger charge is -2.41. The van der Waals surface area contributed by atoms with Gasteiger partial charge in [-0.05, 0) is 41.1 Å². The molecule has 0 saturated carbocycles. The van der Waals surface area contributed by atoms with E-state index in [0.29, 0.717) is 18.7 Å². The Bertz CT molecular complexity index is 1060. The van der Waals surface area contributed by atoms with E-state index in [-0.39, 0.29) is 17.9 Å². The first-order valence-electron chi connectivity index (χ1n) is 10.5. The highest BCUT2D eigenvalue weighted by molar-refractivity contribution is 7.10. The van der Waals surface area contributed by atoms with Crippen LogP contribution in [0.4, 0.5) is 5.69 Å². The topological polar surface area (TPSA) is 58.6 Å². The summed E-state index contributed by atoms with van der Waals surface area (Å²) in [5, 5.41) is 5.13. The van der Waals surface area contributed by atoms with Crippen LogP contribution in [0.5, 0.6) is 0 Å². The SMILES string of the molecule is CCc1ccccc1NC(=O)[C@@H]1c2ccccc2C(=O)N(CCOC)[C@@H]1c1cccs1. The Morgan fingerprint density at radius 2 is 1.87 bits per heavy atom. The number of nitrogens with zero attached hydrogens (tertiary/aromatic N) is 1. The fourth-order valence-corrected chi connectivity index (χ4v) is 5.12. The summed E-state index contributed by atoms with van der Waals surface area (Å²) in [5.41, 5.74) is 3.25. The first-order chi connectivity index (χ1) is 15.2. The van der Waals surface area contributed by atoms with Gasteiger partial charge in [0.1, 0.15) is 0 Å². The van der Waals surface area contributed by atoms with Crippen LogP contribution in [0.25, 0.3) is 0 Å². The van der Waals surface area contributed by atoms with E-state index in [9.17, 15) is 9.59 Å².